The van der Waals surface area contributed by atoms with Gasteiger partial charge in [0.1, 0.15) is 22.8 Å². The maximum Gasteiger partial charge on any atom is 0.143 e. The highest BCUT2D eigenvalue weighted by atomic mass is 32.2. The lowest BCUT2D eigenvalue weighted by molar-refractivity contribution is 0.628. The molecule has 0 saturated heterocycles. The highest BCUT2D eigenvalue weighted by Crippen LogP contribution is 2.41. The lowest BCUT2D eigenvalue weighted by Crippen LogP contribution is -1.96. The summed E-state index contributed by atoms with van der Waals surface area (Å²) in [7, 11) is 0. The summed E-state index contributed by atoms with van der Waals surface area (Å²) in [6.07, 6.45) is 3.63. The number of nitrogens with one attached hydrogen (secondary N) is 1. The number of fused-ring (bicyclic) bond motifs is 1. The van der Waals surface area contributed by atoms with Crippen molar-refractivity contribution in [2.24, 2.45) is 0 Å². The third-order valence-electron chi connectivity index (χ3n) is 4.13. The molecule has 0 atom stereocenters. The number of halogens is 1. The Kier molecular flexibility index (Phi) is 4.61. The summed E-state index contributed by atoms with van der Waals surface area (Å²) in [5.74, 6) is 0.520. The van der Waals surface area contributed by atoms with Crippen LogP contribution in [0.5, 0.6) is 0 Å². The van der Waals surface area contributed by atoms with Crippen molar-refractivity contribution in [2.75, 3.05) is 11.6 Å². The second-order valence-corrected chi connectivity index (χ2v) is 7.88. The zero-order valence-corrected chi connectivity index (χ0v) is 15.9. The van der Waals surface area contributed by atoms with Crippen LogP contribution in [-0.2, 0) is 0 Å². The predicted octanol–water partition coefficient (Wildman–Crippen LogP) is 6.27. The predicted molar refractivity (Wildman–Crippen MR) is 109 cm³/mol. The first-order valence-corrected chi connectivity index (χ1v) is 10.1. The number of aryl methyl sites for hydroxylation is 1. The molecule has 3 nitrogen and oxygen atoms in total. The largest absolute Gasteiger partial charge is 0.340 e. The van der Waals surface area contributed by atoms with E-state index in [0.717, 1.165) is 37.7 Å². The molecular formula is C20H16FN3S2. The van der Waals surface area contributed by atoms with Gasteiger partial charge < -0.3 is 5.32 Å². The first kappa shape index (κ1) is 17.0. The van der Waals surface area contributed by atoms with Crippen molar-refractivity contribution in [1.29, 1.82) is 0 Å². The van der Waals surface area contributed by atoms with E-state index in [2.05, 4.69) is 40.6 Å². The van der Waals surface area contributed by atoms with Gasteiger partial charge in [-0.15, -0.1) is 23.1 Å². The average molecular weight is 382 g/mol. The van der Waals surface area contributed by atoms with Crippen molar-refractivity contribution in [2.45, 2.75) is 11.8 Å². The van der Waals surface area contributed by atoms with Gasteiger partial charge in [0.05, 0.1) is 5.39 Å². The second-order valence-electron chi connectivity index (χ2n) is 5.80. The van der Waals surface area contributed by atoms with Crippen LogP contribution >= 0.6 is 23.1 Å². The van der Waals surface area contributed by atoms with E-state index >= 15 is 0 Å². The number of hydrogen-bond acceptors (Lipinski definition) is 5. The number of thiophene rings is 1. The summed E-state index contributed by atoms with van der Waals surface area (Å²) < 4.78 is 13.3. The molecule has 0 spiro atoms. The van der Waals surface area contributed by atoms with Crippen molar-refractivity contribution in [3.8, 4) is 11.1 Å². The molecule has 0 saturated carbocycles. The highest BCUT2D eigenvalue weighted by molar-refractivity contribution is 7.98. The van der Waals surface area contributed by atoms with E-state index in [-0.39, 0.29) is 5.82 Å². The van der Waals surface area contributed by atoms with Crippen LogP contribution in [0.25, 0.3) is 21.3 Å². The molecule has 26 heavy (non-hydrogen) atoms. The van der Waals surface area contributed by atoms with Gasteiger partial charge in [-0.05, 0) is 49.1 Å². The lowest BCUT2D eigenvalue weighted by atomic mass is 10.0. The normalized spacial score (nSPS) is 11.0. The van der Waals surface area contributed by atoms with Crippen LogP contribution in [0.4, 0.5) is 15.9 Å². The fourth-order valence-corrected chi connectivity index (χ4v) is 4.41. The fourth-order valence-electron chi connectivity index (χ4n) is 2.94. The van der Waals surface area contributed by atoms with Gasteiger partial charge in [0.2, 0.25) is 0 Å². The summed E-state index contributed by atoms with van der Waals surface area (Å²) in [6.45, 7) is 2.06. The van der Waals surface area contributed by atoms with Gasteiger partial charge >= 0.3 is 0 Å². The van der Waals surface area contributed by atoms with Gasteiger partial charge in [-0.2, -0.15) is 0 Å². The van der Waals surface area contributed by atoms with Crippen LogP contribution < -0.4 is 5.32 Å². The first-order valence-electron chi connectivity index (χ1n) is 8.07. The summed E-state index contributed by atoms with van der Waals surface area (Å²) in [5.41, 5.74) is 2.99. The van der Waals surface area contributed by atoms with E-state index in [1.165, 1.54) is 17.0 Å². The Hall–Kier alpha value is -2.44. The van der Waals surface area contributed by atoms with Gasteiger partial charge in [0.15, 0.2) is 0 Å². The molecule has 2 aromatic heterocycles. The van der Waals surface area contributed by atoms with Gasteiger partial charge in [0.25, 0.3) is 0 Å². The van der Waals surface area contributed by atoms with E-state index in [1.54, 1.807) is 41.6 Å². The smallest absolute Gasteiger partial charge is 0.143 e. The third kappa shape index (κ3) is 3.18. The zero-order valence-electron chi connectivity index (χ0n) is 14.3. The van der Waals surface area contributed by atoms with E-state index < -0.39 is 0 Å². The molecule has 2 aromatic carbocycles. The SMILES string of the molecule is CSc1cccc(Nc2ncnc3sc(C)c(-c4ccc(F)cc4)c23)c1. The molecule has 4 aromatic rings. The summed E-state index contributed by atoms with van der Waals surface area (Å²) in [4.78, 5) is 12.1. The number of anilines is 2. The summed E-state index contributed by atoms with van der Waals surface area (Å²) in [6, 6.07) is 14.8. The van der Waals surface area contributed by atoms with Crippen LogP contribution in [-0.4, -0.2) is 16.2 Å². The number of nitrogens with zero attached hydrogens (tertiary/aromatic N) is 2. The van der Waals surface area contributed by atoms with Crippen molar-refractivity contribution in [3.05, 3.63) is 65.6 Å². The van der Waals surface area contributed by atoms with Crippen LogP contribution in [0.1, 0.15) is 4.88 Å². The highest BCUT2D eigenvalue weighted by Gasteiger charge is 2.17. The van der Waals surface area contributed by atoms with E-state index in [1.807, 2.05) is 12.1 Å². The van der Waals surface area contributed by atoms with Crippen LogP contribution in [0, 0.1) is 12.7 Å². The molecule has 130 valence electrons. The quantitative estimate of drug-likeness (QED) is 0.423. The number of thioether (sulfide) groups is 1. The Labute approximate surface area is 159 Å². The van der Waals surface area contributed by atoms with Crippen molar-refractivity contribution in [3.63, 3.8) is 0 Å². The number of rotatable bonds is 4. The topological polar surface area (TPSA) is 37.8 Å². The molecule has 0 aliphatic rings. The van der Waals surface area contributed by atoms with Crippen LogP contribution in [0.15, 0.2) is 59.8 Å². The fraction of sp³-hybridized carbons (Fsp3) is 0.100. The number of benzene rings is 2. The molecule has 0 bridgehead atoms. The molecule has 4 rings (SSSR count). The van der Waals surface area contributed by atoms with Gasteiger partial charge in [-0.1, -0.05) is 18.2 Å². The minimum atomic E-state index is -0.241. The molecule has 2 heterocycles. The molecule has 6 heteroatoms. The molecule has 0 aliphatic heterocycles. The molecule has 0 aliphatic carbocycles. The Bertz CT molecular complexity index is 1070. The second kappa shape index (κ2) is 7.05. The minimum Gasteiger partial charge on any atom is -0.340 e. The van der Waals surface area contributed by atoms with Gasteiger partial charge in [-0.25, -0.2) is 14.4 Å². The average Bonchev–Trinajstić information content (AvgIpc) is 2.99. The number of aromatic nitrogens is 2. The molecular weight excluding hydrogens is 365 g/mol. The first-order chi connectivity index (χ1) is 12.7. The number of hydrogen-bond donors (Lipinski definition) is 1. The van der Waals surface area contributed by atoms with Crippen LogP contribution in [0.2, 0.25) is 0 Å². The van der Waals surface area contributed by atoms with Crippen molar-refractivity contribution < 1.29 is 4.39 Å². The zero-order chi connectivity index (χ0) is 18.1. The lowest BCUT2D eigenvalue weighted by Gasteiger charge is -2.10. The Morgan fingerprint density at radius 2 is 1.88 bits per heavy atom. The maximum atomic E-state index is 13.3. The monoisotopic (exact) mass is 381 g/mol. The maximum absolute atomic E-state index is 13.3. The summed E-state index contributed by atoms with van der Waals surface area (Å²) in [5, 5.41) is 4.39. The molecule has 0 unspecified atom stereocenters. The Balaban J connectivity index is 1.86. The Morgan fingerprint density at radius 1 is 1.08 bits per heavy atom. The minimum absolute atomic E-state index is 0.241. The van der Waals surface area contributed by atoms with Crippen molar-refractivity contribution in [1.82, 2.24) is 9.97 Å². The van der Waals surface area contributed by atoms with Crippen molar-refractivity contribution >= 4 is 44.8 Å². The van der Waals surface area contributed by atoms with E-state index in [4.69, 9.17) is 0 Å². The molecule has 1 N–H and O–H groups in total. The molecule has 0 fully saturated rings. The summed E-state index contributed by atoms with van der Waals surface area (Å²) >= 11 is 3.32. The molecule has 0 radical (unpaired) electrons. The van der Waals surface area contributed by atoms with Crippen LogP contribution in [0.3, 0.4) is 0 Å². The standard InChI is InChI=1S/C20H16FN3S2/c1-12-17(13-6-8-14(21)9-7-13)18-19(22-11-23-20(18)26-12)24-15-4-3-5-16(10-15)25-2/h3-11H,1-2H3,(H,22,23,24). The van der Waals surface area contributed by atoms with E-state index in [9.17, 15) is 4.39 Å². The molecule has 0 amide bonds. The third-order valence-corrected chi connectivity index (χ3v) is 5.87. The van der Waals surface area contributed by atoms with Gasteiger partial charge in [-0.3, -0.25) is 0 Å². The van der Waals surface area contributed by atoms with E-state index in [0.29, 0.717) is 0 Å². The Morgan fingerprint density at radius 3 is 2.65 bits per heavy atom. The van der Waals surface area contributed by atoms with Gasteiger partial charge in [0, 0.05) is 21.0 Å².